The first-order valence-corrected chi connectivity index (χ1v) is 8.90. The van der Waals surface area contributed by atoms with Gasteiger partial charge in [-0.15, -0.1) is 11.8 Å². The summed E-state index contributed by atoms with van der Waals surface area (Å²) in [5.74, 6) is -0.398. The first-order valence-electron chi connectivity index (χ1n) is 7.92. The fourth-order valence-electron chi connectivity index (χ4n) is 2.59. The Kier molecular flexibility index (Phi) is 4.52. The Balaban J connectivity index is 1.64. The summed E-state index contributed by atoms with van der Waals surface area (Å²) in [5.41, 5.74) is 2.03. The quantitative estimate of drug-likeness (QED) is 0.392. The molecular formula is C19H11F2N5S. The molecule has 2 aromatic carbocycles. The number of thioether (sulfide) groups is 1. The zero-order chi connectivity index (χ0) is 18.8. The van der Waals surface area contributed by atoms with Gasteiger partial charge in [0.25, 0.3) is 0 Å². The van der Waals surface area contributed by atoms with Gasteiger partial charge in [-0.3, -0.25) is 0 Å². The highest BCUT2D eigenvalue weighted by atomic mass is 32.2. The van der Waals surface area contributed by atoms with Gasteiger partial charge >= 0.3 is 0 Å². The molecule has 27 heavy (non-hydrogen) atoms. The van der Waals surface area contributed by atoms with E-state index in [9.17, 15) is 8.78 Å². The number of halogens is 2. The van der Waals surface area contributed by atoms with Gasteiger partial charge in [0.1, 0.15) is 23.0 Å². The van der Waals surface area contributed by atoms with Crippen molar-refractivity contribution in [2.45, 2.75) is 10.8 Å². The van der Waals surface area contributed by atoms with Crippen molar-refractivity contribution >= 4 is 22.8 Å². The van der Waals surface area contributed by atoms with E-state index in [0.29, 0.717) is 27.7 Å². The van der Waals surface area contributed by atoms with Crippen LogP contribution < -0.4 is 0 Å². The molecule has 0 aliphatic carbocycles. The van der Waals surface area contributed by atoms with Crippen LogP contribution >= 0.6 is 11.8 Å². The number of hydrogen-bond acceptors (Lipinski definition) is 5. The van der Waals surface area contributed by atoms with E-state index in [1.54, 1.807) is 35.1 Å². The molecule has 0 atom stereocenters. The maximum absolute atomic E-state index is 14.1. The predicted octanol–water partition coefficient (Wildman–Crippen LogP) is 4.26. The zero-order valence-electron chi connectivity index (χ0n) is 13.8. The number of nitrogens with zero attached hydrogens (tertiary/aromatic N) is 5. The van der Waals surface area contributed by atoms with E-state index >= 15 is 0 Å². The second-order valence-corrected chi connectivity index (χ2v) is 6.62. The molecule has 0 unspecified atom stereocenters. The molecule has 0 saturated carbocycles. The van der Waals surface area contributed by atoms with Crippen LogP contribution in [0, 0.1) is 23.0 Å². The van der Waals surface area contributed by atoms with E-state index in [2.05, 4.69) is 15.1 Å². The topological polar surface area (TPSA) is 67.4 Å². The molecule has 5 nitrogen and oxygen atoms in total. The normalized spacial score (nSPS) is 10.9. The molecule has 8 heteroatoms. The monoisotopic (exact) mass is 379 g/mol. The zero-order valence-corrected chi connectivity index (χ0v) is 14.6. The number of fused-ring (bicyclic) bond motifs is 1. The molecule has 0 fully saturated rings. The van der Waals surface area contributed by atoms with Gasteiger partial charge in [-0.2, -0.15) is 10.4 Å². The third kappa shape index (κ3) is 3.37. The summed E-state index contributed by atoms with van der Waals surface area (Å²) in [4.78, 5) is 8.54. The molecular weight excluding hydrogens is 368 g/mol. The number of benzene rings is 2. The molecule has 0 saturated heterocycles. The molecule has 4 rings (SSSR count). The molecule has 4 aromatic rings. The van der Waals surface area contributed by atoms with Crippen molar-refractivity contribution in [1.82, 2.24) is 19.7 Å². The van der Waals surface area contributed by atoms with Crippen molar-refractivity contribution < 1.29 is 8.78 Å². The van der Waals surface area contributed by atoms with Gasteiger partial charge in [-0.05, 0) is 42.0 Å². The van der Waals surface area contributed by atoms with Crippen LogP contribution in [0.25, 0.3) is 16.7 Å². The Hall–Kier alpha value is -3.31. The lowest BCUT2D eigenvalue weighted by molar-refractivity contribution is 0.617. The number of aromatic nitrogens is 4. The van der Waals surface area contributed by atoms with Crippen LogP contribution in [-0.4, -0.2) is 19.7 Å². The first kappa shape index (κ1) is 17.1. The number of hydrogen-bond donors (Lipinski definition) is 0. The van der Waals surface area contributed by atoms with E-state index in [4.69, 9.17) is 5.26 Å². The average molecular weight is 379 g/mol. The second kappa shape index (κ2) is 7.13. The SMILES string of the molecule is N#Cc1ccc(CSc2ncnc3c2cnn3-c2ccc(F)cc2)c(F)c1. The Labute approximate surface area is 157 Å². The first-order chi connectivity index (χ1) is 13.2. The molecule has 0 amide bonds. The molecule has 0 spiro atoms. The molecule has 0 bridgehead atoms. The highest BCUT2D eigenvalue weighted by Gasteiger charge is 2.13. The molecule has 0 aliphatic heterocycles. The van der Waals surface area contributed by atoms with Crippen molar-refractivity contribution in [2.75, 3.05) is 0 Å². The molecule has 0 radical (unpaired) electrons. The summed E-state index contributed by atoms with van der Waals surface area (Å²) < 4.78 is 28.8. The molecule has 2 heterocycles. The third-order valence-corrected chi connectivity index (χ3v) is 5.00. The van der Waals surface area contributed by atoms with E-state index in [1.807, 2.05) is 6.07 Å². The van der Waals surface area contributed by atoms with Crippen molar-refractivity contribution in [2.24, 2.45) is 0 Å². The van der Waals surface area contributed by atoms with Crippen LogP contribution in [0.1, 0.15) is 11.1 Å². The van der Waals surface area contributed by atoms with Crippen molar-refractivity contribution in [1.29, 1.82) is 5.26 Å². The Morgan fingerprint density at radius 2 is 1.89 bits per heavy atom. The maximum atomic E-state index is 14.1. The molecule has 132 valence electrons. The Bertz CT molecular complexity index is 1170. The summed E-state index contributed by atoms with van der Waals surface area (Å²) in [7, 11) is 0. The second-order valence-electron chi connectivity index (χ2n) is 5.66. The summed E-state index contributed by atoms with van der Waals surface area (Å²) in [6, 6.07) is 12.3. The van der Waals surface area contributed by atoms with Gasteiger partial charge in [0.05, 0.1) is 28.9 Å². The Morgan fingerprint density at radius 1 is 1.07 bits per heavy atom. The van der Waals surface area contributed by atoms with E-state index in [1.165, 1.54) is 36.3 Å². The smallest absolute Gasteiger partial charge is 0.167 e. The van der Waals surface area contributed by atoms with Crippen LogP contribution in [-0.2, 0) is 5.75 Å². The number of rotatable bonds is 4. The Morgan fingerprint density at radius 3 is 2.63 bits per heavy atom. The number of nitriles is 1. The minimum Gasteiger partial charge on any atom is -0.229 e. The fourth-order valence-corrected chi connectivity index (χ4v) is 3.54. The van der Waals surface area contributed by atoms with Gasteiger partial charge in [0, 0.05) is 5.75 Å². The minimum atomic E-state index is -0.422. The van der Waals surface area contributed by atoms with Gasteiger partial charge < -0.3 is 0 Å². The fraction of sp³-hybridized carbons (Fsp3) is 0.0526. The van der Waals surface area contributed by atoms with Crippen LogP contribution in [0.4, 0.5) is 8.78 Å². The summed E-state index contributed by atoms with van der Waals surface area (Å²) in [5, 5.41) is 14.5. The van der Waals surface area contributed by atoms with Crippen molar-refractivity contribution in [3.63, 3.8) is 0 Å². The van der Waals surface area contributed by atoms with Crippen molar-refractivity contribution in [3.05, 3.63) is 77.8 Å². The highest BCUT2D eigenvalue weighted by Crippen LogP contribution is 2.29. The molecule has 2 aromatic heterocycles. The largest absolute Gasteiger partial charge is 0.229 e. The van der Waals surface area contributed by atoms with Gasteiger partial charge in [-0.25, -0.2) is 23.4 Å². The molecule has 0 aliphatic rings. The lowest BCUT2D eigenvalue weighted by Crippen LogP contribution is -1.98. The van der Waals surface area contributed by atoms with Crippen LogP contribution in [0.3, 0.4) is 0 Å². The molecule has 0 N–H and O–H groups in total. The van der Waals surface area contributed by atoms with Crippen molar-refractivity contribution in [3.8, 4) is 11.8 Å². The van der Waals surface area contributed by atoms with Gasteiger partial charge in [-0.1, -0.05) is 6.07 Å². The van der Waals surface area contributed by atoms with Gasteiger partial charge in [0.15, 0.2) is 5.65 Å². The summed E-state index contributed by atoms with van der Waals surface area (Å²) >= 11 is 1.35. The van der Waals surface area contributed by atoms with Crippen LogP contribution in [0.5, 0.6) is 0 Å². The van der Waals surface area contributed by atoms with Crippen LogP contribution in [0.2, 0.25) is 0 Å². The predicted molar refractivity (Wildman–Crippen MR) is 97.3 cm³/mol. The van der Waals surface area contributed by atoms with E-state index in [-0.39, 0.29) is 11.4 Å². The van der Waals surface area contributed by atoms with Crippen LogP contribution in [0.15, 0.2) is 60.0 Å². The van der Waals surface area contributed by atoms with E-state index in [0.717, 1.165) is 5.39 Å². The summed E-state index contributed by atoms with van der Waals surface area (Å²) in [6.45, 7) is 0. The summed E-state index contributed by atoms with van der Waals surface area (Å²) in [6.07, 6.45) is 3.05. The lowest BCUT2D eigenvalue weighted by Gasteiger charge is -2.05. The maximum Gasteiger partial charge on any atom is 0.167 e. The lowest BCUT2D eigenvalue weighted by atomic mass is 10.1. The van der Waals surface area contributed by atoms with E-state index < -0.39 is 5.82 Å². The average Bonchev–Trinajstić information content (AvgIpc) is 3.12. The standard InChI is InChI=1S/C19H11F2N5S/c20-14-3-5-15(6-4-14)26-18-16(9-25-26)19(24-11-23-18)27-10-13-2-1-12(8-22)7-17(13)21/h1-7,9,11H,10H2. The third-order valence-electron chi connectivity index (χ3n) is 3.95. The van der Waals surface area contributed by atoms with Gasteiger partial charge in [0.2, 0.25) is 0 Å². The highest BCUT2D eigenvalue weighted by molar-refractivity contribution is 7.98. The minimum absolute atomic E-state index is 0.284.